The second-order valence-electron chi connectivity index (χ2n) is 3.78. The summed E-state index contributed by atoms with van der Waals surface area (Å²) in [6.07, 6.45) is 1.78. The highest BCUT2D eigenvalue weighted by Gasteiger charge is 2.13. The minimum Gasteiger partial charge on any atom is -0.465 e. The van der Waals surface area contributed by atoms with Crippen molar-refractivity contribution in [2.45, 2.75) is 19.8 Å². The molecule has 1 rings (SSSR count). The molecule has 0 heterocycles. The lowest BCUT2D eigenvalue weighted by Gasteiger charge is -2.07. The number of nitrogen functional groups attached to an aromatic ring is 1. The van der Waals surface area contributed by atoms with Crippen LogP contribution in [0.1, 0.15) is 40.5 Å². The fourth-order valence-electron chi connectivity index (χ4n) is 1.38. The molecule has 2 N–H and O–H groups in total. The molecular weight excluding hydrogens is 234 g/mol. The van der Waals surface area contributed by atoms with Crippen LogP contribution in [0.3, 0.4) is 0 Å². The SMILES string of the molecule is CCCCOC(=O)c1ccc(C(=O)OC)c(N)c1. The summed E-state index contributed by atoms with van der Waals surface area (Å²) in [5.41, 5.74) is 6.45. The molecule has 0 fully saturated rings. The van der Waals surface area contributed by atoms with E-state index in [0.717, 1.165) is 12.8 Å². The molecule has 1 aromatic carbocycles. The van der Waals surface area contributed by atoms with E-state index in [1.165, 1.54) is 25.3 Å². The van der Waals surface area contributed by atoms with Crippen LogP contribution in [0.2, 0.25) is 0 Å². The monoisotopic (exact) mass is 251 g/mol. The first kappa shape index (κ1) is 14.0. The predicted octanol–water partition coefficient (Wildman–Crippen LogP) is 2.01. The van der Waals surface area contributed by atoms with Crippen molar-refractivity contribution in [3.05, 3.63) is 29.3 Å². The fourth-order valence-corrected chi connectivity index (χ4v) is 1.38. The molecule has 0 aliphatic heterocycles. The molecule has 98 valence electrons. The minimum absolute atomic E-state index is 0.201. The predicted molar refractivity (Wildman–Crippen MR) is 67.4 cm³/mol. The van der Waals surface area contributed by atoms with Gasteiger partial charge in [-0.2, -0.15) is 0 Å². The number of hydrogen-bond donors (Lipinski definition) is 1. The molecule has 5 heteroatoms. The maximum absolute atomic E-state index is 11.6. The van der Waals surface area contributed by atoms with Crippen LogP contribution in [-0.4, -0.2) is 25.7 Å². The quantitative estimate of drug-likeness (QED) is 0.492. The van der Waals surface area contributed by atoms with Crippen molar-refractivity contribution >= 4 is 17.6 Å². The minimum atomic E-state index is -0.529. The number of ether oxygens (including phenoxy) is 2. The third kappa shape index (κ3) is 3.48. The molecule has 0 aliphatic carbocycles. The Kier molecular flexibility index (Phi) is 5.17. The van der Waals surface area contributed by atoms with E-state index in [-0.39, 0.29) is 11.3 Å². The number of methoxy groups -OCH3 is 1. The van der Waals surface area contributed by atoms with Crippen molar-refractivity contribution in [3.63, 3.8) is 0 Å². The van der Waals surface area contributed by atoms with Crippen LogP contribution >= 0.6 is 0 Å². The molecule has 5 nitrogen and oxygen atoms in total. The highest BCUT2D eigenvalue weighted by molar-refractivity contribution is 5.98. The van der Waals surface area contributed by atoms with Gasteiger partial charge in [-0.15, -0.1) is 0 Å². The van der Waals surface area contributed by atoms with Gasteiger partial charge in [-0.05, 0) is 24.6 Å². The second-order valence-corrected chi connectivity index (χ2v) is 3.78. The lowest BCUT2D eigenvalue weighted by molar-refractivity contribution is 0.0498. The van der Waals surface area contributed by atoms with E-state index in [0.29, 0.717) is 12.2 Å². The van der Waals surface area contributed by atoms with Crippen LogP contribution in [0.5, 0.6) is 0 Å². The van der Waals surface area contributed by atoms with Gasteiger partial charge >= 0.3 is 11.9 Å². The topological polar surface area (TPSA) is 78.6 Å². The molecule has 18 heavy (non-hydrogen) atoms. The summed E-state index contributed by atoms with van der Waals surface area (Å²) in [5, 5.41) is 0. The third-order valence-corrected chi connectivity index (χ3v) is 2.42. The average molecular weight is 251 g/mol. The zero-order valence-electron chi connectivity index (χ0n) is 10.6. The summed E-state index contributed by atoms with van der Waals surface area (Å²) in [6, 6.07) is 4.37. The smallest absolute Gasteiger partial charge is 0.339 e. The van der Waals surface area contributed by atoms with Crippen LogP contribution in [0.15, 0.2) is 18.2 Å². The summed E-state index contributed by atoms with van der Waals surface area (Å²) in [6.45, 7) is 2.39. The first-order valence-corrected chi connectivity index (χ1v) is 5.75. The number of nitrogens with two attached hydrogens (primary N) is 1. The van der Waals surface area contributed by atoms with Gasteiger partial charge in [0.1, 0.15) is 0 Å². The maximum atomic E-state index is 11.6. The zero-order chi connectivity index (χ0) is 13.5. The zero-order valence-corrected chi connectivity index (χ0v) is 10.6. The normalized spacial score (nSPS) is 9.89. The molecular formula is C13H17NO4. The molecule has 0 unspecified atom stereocenters. The van der Waals surface area contributed by atoms with Gasteiger partial charge in [-0.3, -0.25) is 0 Å². The summed E-state index contributed by atoms with van der Waals surface area (Å²) in [4.78, 5) is 22.9. The molecule has 1 aromatic rings. The van der Waals surface area contributed by atoms with Crippen molar-refractivity contribution in [1.82, 2.24) is 0 Å². The van der Waals surface area contributed by atoms with E-state index >= 15 is 0 Å². The Labute approximate surface area is 106 Å². The van der Waals surface area contributed by atoms with Gasteiger partial charge in [0.2, 0.25) is 0 Å². The number of anilines is 1. The molecule has 0 spiro atoms. The molecule has 0 radical (unpaired) electrons. The number of hydrogen-bond acceptors (Lipinski definition) is 5. The van der Waals surface area contributed by atoms with E-state index in [9.17, 15) is 9.59 Å². The van der Waals surface area contributed by atoms with Gasteiger partial charge in [0.25, 0.3) is 0 Å². The second kappa shape index (κ2) is 6.64. The first-order valence-electron chi connectivity index (χ1n) is 5.75. The number of rotatable bonds is 5. The van der Waals surface area contributed by atoms with Crippen LogP contribution in [-0.2, 0) is 9.47 Å². The van der Waals surface area contributed by atoms with E-state index in [1.807, 2.05) is 6.92 Å². The summed E-state index contributed by atoms with van der Waals surface area (Å²) < 4.78 is 9.60. The molecule has 0 atom stereocenters. The summed E-state index contributed by atoms with van der Waals surface area (Å²) >= 11 is 0. The van der Waals surface area contributed by atoms with Gasteiger partial charge in [0.05, 0.1) is 24.8 Å². The largest absolute Gasteiger partial charge is 0.465 e. The highest BCUT2D eigenvalue weighted by Crippen LogP contribution is 2.16. The Bertz CT molecular complexity index is 443. The van der Waals surface area contributed by atoms with E-state index in [2.05, 4.69) is 4.74 Å². The van der Waals surface area contributed by atoms with Crippen LogP contribution in [0.4, 0.5) is 5.69 Å². The average Bonchev–Trinajstić information content (AvgIpc) is 2.38. The summed E-state index contributed by atoms with van der Waals surface area (Å²) in [5.74, 6) is -0.968. The number of benzene rings is 1. The van der Waals surface area contributed by atoms with E-state index < -0.39 is 11.9 Å². The van der Waals surface area contributed by atoms with Crippen molar-refractivity contribution < 1.29 is 19.1 Å². The van der Waals surface area contributed by atoms with Crippen molar-refractivity contribution in [2.24, 2.45) is 0 Å². The lowest BCUT2D eigenvalue weighted by Crippen LogP contribution is -2.10. The van der Waals surface area contributed by atoms with Crippen molar-refractivity contribution in [3.8, 4) is 0 Å². The highest BCUT2D eigenvalue weighted by atomic mass is 16.5. The molecule has 0 aromatic heterocycles. The van der Waals surface area contributed by atoms with Gasteiger partial charge < -0.3 is 15.2 Å². The van der Waals surface area contributed by atoms with E-state index in [1.54, 1.807) is 0 Å². The first-order chi connectivity index (χ1) is 8.60. The Balaban J connectivity index is 2.77. The molecule has 0 aliphatic rings. The molecule has 0 bridgehead atoms. The number of carbonyl (C=O) groups is 2. The Morgan fingerprint density at radius 1 is 1.28 bits per heavy atom. The van der Waals surface area contributed by atoms with Crippen molar-refractivity contribution in [1.29, 1.82) is 0 Å². The Morgan fingerprint density at radius 2 is 2.00 bits per heavy atom. The van der Waals surface area contributed by atoms with E-state index in [4.69, 9.17) is 10.5 Å². The standard InChI is InChI=1S/C13H17NO4/c1-3-4-7-18-12(15)9-5-6-10(11(14)8-9)13(16)17-2/h5-6,8H,3-4,7,14H2,1-2H3. The van der Waals surface area contributed by atoms with Crippen LogP contribution in [0.25, 0.3) is 0 Å². The van der Waals surface area contributed by atoms with Gasteiger partial charge in [-0.1, -0.05) is 13.3 Å². The van der Waals surface area contributed by atoms with Crippen LogP contribution in [0, 0.1) is 0 Å². The van der Waals surface area contributed by atoms with Crippen LogP contribution < -0.4 is 5.73 Å². The number of esters is 2. The van der Waals surface area contributed by atoms with Crippen molar-refractivity contribution in [2.75, 3.05) is 19.5 Å². The van der Waals surface area contributed by atoms with Gasteiger partial charge in [0, 0.05) is 5.69 Å². The number of carbonyl (C=O) groups excluding carboxylic acids is 2. The number of unbranched alkanes of at least 4 members (excludes halogenated alkanes) is 1. The Morgan fingerprint density at radius 3 is 2.56 bits per heavy atom. The fraction of sp³-hybridized carbons (Fsp3) is 0.385. The lowest BCUT2D eigenvalue weighted by atomic mass is 10.1. The third-order valence-electron chi connectivity index (χ3n) is 2.42. The maximum Gasteiger partial charge on any atom is 0.339 e. The van der Waals surface area contributed by atoms with Gasteiger partial charge in [-0.25, -0.2) is 9.59 Å². The summed E-state index contributed by atoms with van der Waals surface area (Å²) in [7, 11) is 1.27. The molecule has 0 saturated heterocycles. The Hall–Kier alpha value is -2.04. The molecule has 0 amide bonds. The molecule has 0 saturated carbocycles. The van der Waals surface area contributed by atoms with Gasteiger partial charge in [0.15, 0.2) is 0 Å².